The van der Waals surface area contributed by atoms with Crippen LogP contribution in [-0.4, -0.2) is 34.2 Å². The van der Waals surface area contributed by atoms with Crippen molar-refractivity contribution in [3.63, 3.8) is 0 Å². The Balaban J connectivity index is 1.61. The average Bonchev–Trinajstić information content (AvgIpc) is 2.84. The van der Waals surface area contributed by atoms with Gasteiger partial charge in [-0.15, -0.1) is 0 Å². The van der Waals surface area contributed by atoms with Crippen molar-refractivity contribution < 1.29 is 0 Å². The van der Waals surface area contributed by atoms with Crippen LogP contribution in [0.4, 0.5) is 0 Å². The van der Waals surface area contributed by atoms with E-state index in [2.05, 4.69) is 21.2 Å². The Kier molecular flexibility index (Phi) is 2.25. The quantitative estimate of drug-likeness (QED) is 0.770. The first-order chi connectivity index (χ1) is 7.31. The molecule has 1 aromatic heterocycles. The fraction of sp³-hybridized carbons (Fsp3) is 0.727. The lowest BCUT2D eigenvalue weighted by Gasteiger charge is -2.12. The number of likely N-dealkylation sites (tertiary alicyclic amines) is 1. The minimum Gasteiger partial charge on any atom is -0.326 e. The largest absolute Gasteiger partial charge is 0.326 e. The lowest BCUT2D eigenvalue weighted by molar-refractivity contribution is 0.322. The number of H-pyrrole nitrogens is 1. The van der Waals surface area contributed by atoms with Gasteiger partial charge in [-0.3, -0.25) is 10.00 Å². The van der Waals surface area contributed by atoms with E-state index in [1.807, 2.05) is 0 Å². The second kappa shape index (κ2) is 3.61. The molecule has 0 amide bonds. The molecule has 2 aliphatic rings. The normalized spacial score (nSPS) is 27.4. The molecule has 2 fully saturated rings. The maximum Gasteiger partial charge on any atom is 0.0656 e. The van der Waals surface area contributed by atoms with Crippen LogP contribution in [0.15, 0.2) is 6.07 Å². The highest BCUT2D eigenvalue weighted by Crippen LogP contribution is 2.39. The average molecular weight is 206 g/mol. The van der Waals surface area contributed by atoms with E-state index in [4.69, 9.17) is 5.73 Å². The summed E-state index contributed by atoms with van der Waals surface area (Å²) < 4.78 is 0. The van der Waals surface area contributed by atoms with Gasteiger partial charge in [-0.2, -0.15) is 5.10 Å². The summed E-state index contributed by atoms with van der Waals surface area (Å²) in [6.45, 7) is 3.13. The van der Waals surface area contributed by atoms with E-state index in [0.717, 1.165) is 32.0 Å². The number of aromatic amines is 1. The Morgan fingerprint density at radius 1 is 1.47 bits per heavy atom. The van der Waals surface area contributed by atoms with Crippen LogP contribution in [0.25, 0.3) is 0 Å². The zero-order valence-electron chi connectivity index (χ0n) is 8.95. The van der Waals surface area contributed by atoms with Gasteiger partial charge in [-0.05, 0) is 25.3 Å². The molecule has 0 unspecified atom stereocenters. The van der Waals surface area contributed by atoms with Crippen molar-refractivity contribution >= 4 is 0 Å². The van der Waals surface area contributed by atoms with Gasteiger partial charge >= 0.3 is 0 Å². The Labute approximate surface area is 89.8 Å². The van der Waals surface area contributed by atoms with Gasteiger partial charge in [0.25, 0.3) is 0 Å². The molecule has 0 spiro atoms. The number of nitrogens with zero attached hydrogens (tertiary/aromatic N) is 2. The molecule has 1 aromatic rings. The second-order valence-corrected chi connectivity index (χ2v) is 4.88. The molecule has 4 nitrogen and oxygen atoms in total. The van der Waals surface area contributed by atoms with Crippen molar-refractivity contribution in [1.29, 1.82) is 0 Å². The fourth-order valence-corrected chi connectivity index (χ4v) is 2.30. The summed E-state index contributed by atoms with van der Waals surface area (Å²) in [4.78, 5) is 2.40. The Bertz CT molecular complexity index is 342. The van der Waals surface area contributed by atoms with Gasteiger partial charge in [0.05, 0.1) is 5.69 Å². The van der Waals surface area contributed by atoms with Gasteiger partial charge in [0, 0.05) is 37.3 Å². The van der Waals surface area contributed by atoms with Gasteiger partial charge in [0.15, 0.2) is 0 Å². The van der Waals surface area contributed by atoms with Crippen molar-refractivity contribution in [2.45, 2.75) is 37.8 Å². The zero-order valence-corrected chi connectivity index (χ0v) is 8.95. The summed E-state index contributed by atoms with van der Waals surface area (Å²) >= 11 is 0. The maximum atomic E-state index is 5.87. The van der Waals surface area contributed by atoms with E-state index in [1.165, 1.54) is 24.2 Å². The fourth-order valence-electron chi connectivity index (χ4n) is 2.30. The molecule has 0 bridgehead atoms. The number of aromatic nitrogens is 2. The number of hydrogen-bond acceptors (Lipinski definition) is 3. The smallest absolute Gasteiger partial charge is 0.0656 e. The number of nitrogens with one attached hydrogen (secondary N) is 1. The van der Waals surface area contributed by atoms with Crippen LogP contribution in [0.1, 0.15) is 36.6 Å². The van der Waals surface area contributed by atoms with Crippen molar-refractivity contribution in [1.82, 2.24) is 15.1 Å². The minimum absolute atomic E-state index is 0.371. The van der Waals surface area contributed by atoms with E-state index in [-0.39, 0.29) is 0 Å². The lowest BCUT2D eigenvalue weighted by atomic mass is 10.2. The Morgan fingerprint density at radius 3 is 3.00 bits per heavy atom. The molecule has 0 aromatic carbocycles. The Hall–Kier alpha value is -0.870. The summed E-state index contributed by atoms with van der Waals surface area (Å²) in [6.07, 6.45) is 3.77. The first-order valence-electron chi connectivity index (χ1n) is 5.83. The van der Waals surface area contributed by atoms with E-state index >= 15 is 0 Å². The lowest BCUT2D eigenvalue weighted by Crippen LogP contribution is -2.26. The summed E-state index contributed by atoms with van der Waals surface area (Å²) in [5.74, 6) is 0.746. The van der Waals surface area contributed by atoms with Crippen LogP contribution < -0.4 is 5.73 Å². The molecule has 0 radical (unpaired) electrons. The zero-order chi connectivity index (χ0) is 10.3. The molecule has 4 heteroatoms. The number of nitrogens with two attached hydrogens (primary N) is 1. The predicted octanol–water partition coefficient (Wildman–Crippen LogP) is 0.820. The number of rotatable bonds is 3. The molecule has 1 atom stereocenters. The summed E-state index contributed by atoms with van der Waals surface area (Å²) in [5.41, 5.74) is 8.37. The topological polar surface area (TPSA) is 57.9 Å². The summed E-state index contributed by atoms with van der Waals surface area (Å²) in [6, 6.07) is 2.59. The van der Waals surface area contributed by atoms with Crippen LogP contribution in [0.3, 0.4) is 0 Å². The van der Waals surface area contributed by atoms with E-state index in [1.54, 1.807) is 0 Å². The molecule has 1 saturated heterocycles. The van der Waals surface area contributed by atoms with E-state index in [0.29, 0.717) is 6.04 Å². The monoisotopic (exact) mass is 206 g/mol. The number of hydrogen-bond donors (Lipinski definition) is 2. The van der Waals surface area contributed by atoms with Crippen molar-refractivity contribution in [2.24, 2.45) is 5.73 Å². The van der Waals surface area contributed by atoms with Gasteiger partial charge in [-0.1, -0.05) is 0 Å². The molecular weight excluding hydrogens is 188 g/mol. The highest BCUT2D eigenvalue weighted by molar-refractivity contribution is 5.17. The molecule has 2 heterocycles. The van der Waals surface area contributed by atoms with Crippen LogP contribution in [0.5, 0.6) is 0 Å². The van der Waals surface area contributed by atoms with Gasteiger partial charge in [-0.25, -0.2) is 0 Å². The summed E-state index contributed by atoms with van der Waals surface area (Å²) in [5, 5.41) is 7.49. The third kappa shape index (κ3) is 2.06. The molecular formula is C11H18N4. The second-order valence-electron chi connectivity index (χ2n) is 4.88. The Morgan fingerprint density at radius 2 is 2.33 bits per heavy atom. The van der Waals surface area contributed by atoms with Crippen LogP contribution in [0, 0.1) is 0 Å². The standard InChI is InChI=1S/C11H18N4/c12-9-3-4-15(6-9)7-10-5-11(14-13-10)8-1-2-8/h5,8-9H,1-4,6-7,12H2,(H,13,14)/t9-/m0/s1. The van der Waals surface area contributed by atoms with Crippen LogP contribution >= 0.6 is 0 Å². The minimum atomic E-state index is 0.371. The first kappa shape index (κ1) is 9.36. The van der Waals surface area contributed by atoms with E-state index in [9.17, 15) is 0 Å². The molecule has 15 heavy (non-hydrogen) atoms. The van der Waals surface area contributed by atoms with Gasteiger partial charge in [0.1, 0.15) is 0 Å². The molecule has 1 saturated carbocycles. The van der Waals surface area contributed by atoms with Crippen molar-refractivity contribution in [3.05, 3.63) is 17.5 Å². The summed E-state index contributed by atoms with van der Waals surface area (Å²) in [7, 11) is 0. The van der Waals surface area contributed by atoms with Crippen molar-refractivity contribution in [2.75, 3.05) is 13.1 Å². The highest BCUT2D eigenvalue weighted by Gasteiger charge is 2.26. The van der Waals surface area contributed by atoms with Crippen LogP contribution in [-0.2, 0) is 6.54 Å². The van der Waals surface area contributed by atoms with Crippen LogP contribution in [0.2, 0.25) is 0 Å². The SMILES string of the molecule is N[C@H]1CCN(Cc2cc(C3CC3)n[nH]2)C1. The van der Waals surface area contributed by atoms with Crippen molar-refractivity contribution in [3.8, 4) is 0 Å². The molecule has 82 valence electrons. The van der Waals surface area contributed by atoms with Gasteiger partial charge in [0.2, 0.25) is 0 Å². The predicted molar refractivity (Wildman–Crippen MR) is 58.4 cm³/mol. The molecule has 3 N–H and O–H groups in total. The van der Waals surface area contributed by atoms with Gasteiger partial charge < -0.3 is 5.73 Å². The molecule has 1 aliphatic heterocycles. The molecule has 1 aliphatic carbocycles. The first-order valence-corrected chi connectivity index (χ1v) is 5.83. The molecule has 3 rings (SSSR count). The maximum absolute atomic E-state index is 5.87. The highest BCUT2D eigenvalue weighted by atomic mass is 15.2. The third-order valence-electron chi connectivity index (χ3n) is 3.35. The third-order valence-corrected chi connectivity index (χ3v) is 3.35. The van der Waals surface area contributed by atoms with E-state index < -0.39 is 0 Å².